The van der Waals surface area contributed by atoms with E-state index >= 15 is 0 Å². The zero-order valence-electron chi connectivity index (χ0n) is 12.9. The maximum atomic E-state index is 6.50. The minimum atomic E-state index is -0.532. The van der Waals surface area contributed by atoms with Gasteiger partial charge in [0, 0.05) is 0 Å². The van der Waals surface area contributed by atoms with E-state index in [2.05, 4.69) is 32.6 Å². The molecule has 1 spiro atoms. The fourth-order valence-corrected chi connectivity index (χ4v) is 4.26. The predicted octanol–water partition coefficient (Wildman–Crippen LogP) is 3.06. The van der Waals surface area contributed by atoms with E-state index in [0.29, 0.717) is 22.4 Å². The van der Waals surface area contributed by atoms with Crippen molar-refractivity contribution in [2.75, 3.05) is 12.0 Å². The van der Waals surface area contributed by atoms with E-state index < -0.39 is 5.66 Å². The molecule has 1 aromatic rings. The summed E-state index contributed by atoms with van der Waals surface area (Å²) in [6.07, 6.45) is 5.01. The van der Waals surface area contributed by atoms with Crippen LogP contribution in [0.5, 0.6) is 5.75 Å². The third-order valence-corrected chi connectivity index (χ3v) is 5.47. The summed E-state index contributed by atoms with van der Waals surface area (Å²) < 4.78 is 6.55. The number of benzene rings is 1. The third kappa shape index (κ3) is 2.84. The van der Waals surface area contributed by atoms with Crippen LogP contribution in [0.4, 0.5) is 5.69 Å². The van der Waals surface area contributed by atoms with Gasteiger partial charge in [-0.25, -0.2) is 4.99 Å². The lowest BCUT2D eigenvalue weighted by Crippen LogP contribution is -2.58. The molecule has 3 rings (SSSR count). The fourth-order valence-electron chi connectivity index (χ4n) is 3.37. The van der Waals surface area contributed by atoms with Crippen molar-refractivity contribution in [1.29, 1.82) is 0 Å². The van der Waals surface area contributed by atoms with Gasteiger partial charge in [-0.05, 0) is 60.4 Å². The highest BCUT2D eigenvalue weighted by molar-refractivity contribution is 14.1. The van der Waals surface area contributed by atoms with Gasteiger partial charge in [-0.15, -0.1) is 0 Å². The third-order valence-electron chi connectivity index (χ3n) is 4.31. The smallest absolute Gasteiger partial charge is 0.220 e. The average Bonchev–Trinajstić information content (AvgIpc) is 2.51. The van der Waals surface area contributed by atoms with Gasteiger partial charge < -0.3 is 16.2 Å². The molecule has 1 saturated carbocycles. The zero-order valence-corrected chi connectivity index (χ0v) is 15.8. The van der Waals surface area contributed by atoms with Crippen molar-refractivity contribution in [3.8, 4) is 5.75 Å². The molecule has 1 fully saturated rings. The molecule has 0 bridgehead atoms. The van der Waals surface area contributed by atoms with E-state index in [1.54, 1.807) is 7.11 Å². The molecule has 1 aromatic carbocycles. The lowest BCUT2D eigenvalue weighted by atomic mass is 9.87. The SMILES string of the molecule is COc1c(I)ccc(Cl)c1N1C(N)=NC(N)=NC12CCCCC2. The molecule has 4 N–H and O–H groups in total. The number of hydrogen-bond acceptors (Lipinski definition) is 6. The highest BCUT2D eigenvalue weighted by Gasteiger charge is 2.44. The van der Waals surface area contributed by atoms with Crippen LogP contribution in [0.15, 0.2) is 22.1 Å². The zero-order chi connectivity index (χ0) is 16.6. The lowest BCUT2D eigenvalue weighted by molar-refractivity contribution is 0.303. The van der Waals surface area contributed by atoms with Gasteiger partial charge in [-0.2, -0.15) is 4.99 Å². The van der Waals surface area contributed by atoms with Crippen molar-refractivity contribution in [1.82, 2.24) is 0 Å². The van der Waals surface area contributed by atoms with Crippen molar-refractivity contribution in [2.24, 2.45) is 21.5 Å². The van der Waals surface area contributed by atoms with Gasteiger partial charge in [-0.1, -0.05) is 18.0 Å². The molecule has 0 amide bonds. The Balaban J connectivity index is 2.20. The fraction of sp³-hybridized carbons (Fsp3) is 0.467. The van der Waals surface area contributed by atoms with E-state index in [1.165, 1.54) is 6.42 Å². The first kappa shape index (κ1) is 16.6. The summed E-state index contributed by atoms with van der Waals surface area (Å²) >= 11 is 8.72. The molecule has 1 heterocycles. The summed E-state index contributed by atoms with van der Waals surface area (Å²) in [5.41, 5.74) is 12.3. The molecule has 1 aliphatic heterocycles. The summed E-state index contributed by atoms with van der Waals surface area (Å²) in [4.78, 5) is 10.7. The molecular weight excluding hydrogens is 429 g/mol. The molecule has 0 atom stereocenters. The van der Waals surface area contributed by atoms with Crippen molar-refractivity contribution < 1.29 is 4.74 Å². The van der Waals surface area contributed by atoms with E-state index in [4.69, 9.17) is 27.8 Å². The summed E-state index contributed by atoms with van der Waals surface area (Å²) in [6.45, 7) is 0. The van der Waals surface area contributed by atoms with Crippen molar-refractivity contribution in [3.63, 3.8) is 0 Å². The van der Waals surface area contributed by atoms with Gasteiger partial charge in [0.2, 0.25) is 11.9 Å². The number of halogens is 2. The van der Waals surface area contributed by atoms with Crippen LogP contribution in [0.2, 0.25) is 5.02 Å². The van der Waals surface area contributed by atoms with Crippen LogP contribution in [0.1, 0.15) is 32.1 Å². The van der Waals surface area contributed by atoms with Gasteiger partial charge >= 0.3 is 0 Å². The second-order valence-corrected chi connectivity index (χ2v) is 7.30. The first-order chi connectivity index (χ1) is 11.0. The highest BCUT2D eigenvalue weighted by atomic mass is 127. The molecular formula is C15H19ClIN5O. The van der Waals surface area contributed by atoms with Crippen LogP contribution in [-0.4, -0.2) is 24.7 Å². The number of ether oxygens (including phenoxy) is 1. The molecule has 0 saturated heterocycles. The Labute approximate surface area is 154 Å². The second kappa shape index (κ2) is 6.35. The van der Waals surface area contributed by atoms with E-state index in [0.717, 1.165) is 29.3 Å². The number of rotatable bonds is 2. The molecule has 2 aliphatic rings. The highest BCUT2D eigenvalue weighted by Crippen LogP contribution is 2.46. The Morgan fingerprint density at radius 2 is 1.96 bits per heavy atom. The Morgan fingerprint density at radius 3 is 2.61 bits per heavy atom. The number of anilines is 1. The van der Waals surface area contributed by atoms with Gasteiger partial charge in [0.05, 0.1) is 15.7 Å². The Bertz CT molecular complexity index is 685. The van der Waals surface area contributed by atoms with E-state index in [1.807, 2.05) is 17.0 Å². The van der Waals surface area contributed by atoms with Crippen molar-refractivity contribution in [3.05, 3.63) is 20.7 Å². The molecule has 23 heavy (non-hydrogen) atoms. The minimum Gasteiger partial charge on any atom is -0.493 e. The summed E-state index contributed by atoms with van der Waals surface area (Å²) in [6, 6.07) is 3.75. The quantitative estimate of drug-likeness (QED) is 0.682. The molecule has 6 nitrogen and oxygen atoms in total. The van der Waals surface area contributed by atoms with Gasteiger partial charge in [0.1, 0.15) is 11.4 Å². The minimum absolute atomic E-state index is 0.223. The molecule has 8 heteroatoms. The molecule has 0 unspecified atom stereocenters. The normalized spacial score (nSPS) is 20.2. The van der Waals surface area contributed by atoms with Gasteiger partial charge in [-0.3, -0.25) is 4.90 Å². The van der Waals surface area contributed by atoms with Gasteiger partial charge in [0.25, 0.3) is 0 Å². The number of aliphatic imine (C=N–C) groups is 2. The average molecular weight is 448 g/mol. The van der Waals surface area contributed by atoms with Crippen LogP contribution < -0.4 is 21.1 Å². The molecule has 124 valence electrons. The van der Waals surface area contributed by atoms with Crippen molar-refractivity contribution >= 4 is 51.8 Å². The van der Waals surface area contributed by atoms with Crippen LogP contribution >= 0.6 is 34.2 Å². The predicted molar refractivity (Wildman–Crippen MR) is 102 cm³/mol. The summed E-state index contributed by atoms with van der Waals surface area (Å²) in [5, 5.41) is 0.557. The monoisotopic (exact) mass is 447 g/mol. The second-order valence-electron chi connectivity index (χ2n) is 5.73. The maximum Gasteiger partial charge on any atom is 0.220 e. The maximum absolute atomic E-state index is 6.50. The summed E-state index contributed by atoms with van der Waals surface area (Å²) in [7, 11) is 1.62. The number of nitrogens with zero attached hydrogens (tertiary/aromatic N) is 3. The van der Waals surface area contributed by atoms with Crippen LogP contribution in [-0.2, 0) is 0 Å². The van der Waals surface area contributed by atoms with E-state index in [9.17, 15) is 0 Å². The molecule has 1 aliphatic carbocycles. The number of nitrogens with two attached hydrogens (primary N) is 2. The largest absolute Gasteiger partial charge is 0.493 e. The van der Waals surface area contributed by atoms with Crippen molar-refractivity contribution in [2.45, 2.75) is 37.8 Å². The number of guanidine groups is 2. The standard InChI is InChI=1S/C15H19ClIN5O/c1-23-12-10(17)6-5-9(16)11(12)22-14(19)20-13(18)21-15(22)7-3-2-4-8-15/h5-6H,2-4,7-8H2,1H3,(H4,18,19,20,21). The number of methoxy groups -OCH3 is 1. The van der Waals surface area contributed by atoms with Crippen LogP contribution in [0, 0.1) is 3.57 Å². The first-order valence-electron chi connectivity index (χ1n) is 7.50. The molecule has 0 radical (unpaired) electrons. The Morgan fingerprint density at radius 1 is 1.26 bits per heavy atom. The Hall–Kier alpha value is -1.22. The first-order valence-corrected chi connectivity index (χ1v) is 8.96. The summed E-state index contributed by atoms with van der Waals surface area (Å²) in [5.74, 6) is 1.21. The lowest BCUT2D eigenvalue weighted by Gasteiger charge is -2.46. The topological polar surface area (TPSA) is 89.2 Å². The van der Waals surface area contributed by atoms with E-state index in [-0.39, 0.29) is 5.96 Å². The van der Waals surface area contributed by atoms with Crippen LogP contribution in [0.25, 0.3) is 0 Å². The van der Waals surface area contributed by atoms with Gasteiger partial charge in [0.15, 0.2) is 5.75 Å². The Kier molecular flexibility index (Phi) is 4.59. The number of hydrogen-bond donors (Lipinski definition) is 2. The van der Waals surface area contributed by atoms with Crippen LogP contribution in [0.3, 0.4) is 0 Å². The molecule has 0 aromatic heterocycles.